The zero-order chi connectivity index (χ0) is 19.6. The number of methoxy groups -OCH3 is 1. The molecule has 0 saturated heterocycles. The van der Waals surface area contributed by atoms with E-state index in [0.29, 0.717) is 31.1 Å². The van der Waals surface area contributed by atoms with E-state index in [1.807, 2.05) is 20.8 Å². The van der Waals surface area contributed by atoms with Crippen molar-refractivity contribution >= 4 is 17.6 Å². The van der Waals surface area contributed by atoms with Gasteiger partial charge in [-0.15, -0.1) is 0 Å². The molecule has 0 aliphatic rings. The second kappa shape index (κ2) is 10.8. The molecule has 1 amide bonds. The standard InChI is InChI=1S/C20H31NO5/c1-6-11-20(4,26-13-8-3)19(23)21-15-9-10-17(25-12-7-2)16(14-15)18(22)24-5/h9-10,14H,6-8,11-13H2,1-5H3,(H,21,23)/t20-/m1/s1. The molecule has 26 heavy (non-hydrogen) atoms. The minimum Gasteiger partial charge on any atom is -0.493 e. The van der Waals surface area contributed by atoms with E-state index in [2.05, 4.69) is 5.32 Å². The number of amides is 1. The first-order valence-corrected chi connectivity index (χ1v) is 9.22. The number of nitrogens with one attached hydrogen (secondary N) is 1. The Morgan fingerprint density at radius 1 is 1.08 bits per heavy atom. The Morgan fingerprint density at radius 2 is 1.77 bits per heavy atom. The maximum atomic E-state index is 12.8. The predicted molar refractivity (Wildman–Crippen MR) is 102 cm³/mol. The van der Waals surface area contributed by atoms with Gasteiger partial charge in [0, 0.05) is 12.3 Å². The lowest BCUT2D eigenvalue weighted by molar-refractivity contribution is -0.140. The highest BCUT2D eigenvalue weighted by Gasteiger charge is 2.33. The Bertz CT molecular complexity index is 602. The molecule has 0 aliphatic carbocycles. The number of esters is 1. The smallest absolute Gasteiger partial charge is 0.341 e. The van der Waals surface area contributed by atoms with E-state index in [-0.39, 0.29) is 11.5 Å². The topological polar surface area (TPSA) is 73.9 Å². The minimum absolute atomic E-state index is 0.231. The van der Waals surface area contributed by atoms with Gasteiger partial charge in [-0.05, 0) is 44.4 Å². The van der Waals surface area contributed by atoms with Gasteiger partial charge in [-0.1, -0.05) is 27.2 Å². The van der Waals surface area contributed by atoms with Gasteiger partial charge >= 0.3 is 5.97 Å². The van der Waals surface area contributed by atoms with Crippen LogP contribution in [0.1, 0.15) is 63.7 Å². The number of hydrogen-bond acceptors (Lipinski definition) is 5. The lowest BCUT2D eigenvalue weighted by Gasteiger charge is -2.28. The van der Waals surface area contributed by atoms with Crippen LogP contribution in [-0.2, 0) is 14.3 Å². The summed E-state index contributed by atoms with van der Waals surface area (Å²) >= 11 is 0. The molecule has 0 radical (unpaired) electrons. The minimum atomic E-state index is -0.909. The molecule has 1 rings (SSSR count). The highest BCUT2D eigenvalue weighted by Crippen LogP contribution is 2.26. The third-order valence-electron chi connectivity index (χ3n) is 3.94. The summed E-state index contributed by atoms with van der Waals surface area (Å²) in [6.07, 6.45) is 3.09. The quantitative estimate of drug-likeness (QED) is 0.595. The molecule has 1 aromatic carbocycles. The molecule has 0 spiro atoms. The summed E-state index contributed by atoms with van der Waals surface area (Å²) < 4.78 is 16.2. The van der Waals surface area contributed by atoms with Crippen LogP contribution >= 0.6 is 0 Å². The van der Waals surface area contributed by atoms with E-state index in [9.17, 15) is 9.59 Å². The number of benzene rings is 1. The molecule has 0 aliphatic heterocycles. The fourth-order valence-electron chi connectivity index (χ4n) is 2.53. The van der Waals surface area contributed by atoms with Gasteiger partial charge in [-0.3, -0.25) is 4.79 Å². The van der Waals surface area contributed by atoms with Crippen molar-refractivity contribution in [1.82, 2.24) is 0 Å². The molecule has 6 heteroatoms. The molecule has 1 atom stereocenters. The Kier molecular flexibility index (Phi) is 9.13. The monoisotopic (exact) mass is 365 g/mol. The number of carbonyl (C=O) groups is 2. The van der Waals surface area contributed by atoms with Gasteiger partial charge in [0.15, 0.2) is 0 Å². The van der Waals surface area contributed by atoms with Crippen LogP contribution in [0, 0.1) is 0 Å². The molecule has 0 heterocycles. The van der Waals surface area contributed by atoms with Crippen LogP contribution in [0.3, 0.4) is 0 Å². The van der Waals surface area contributed by atoms with Gasteiger partial charge in [-0.2, -0.15) is 0 Å². The van der Waals surface area contributed by atoms with Crippen molar-refractivity contribution in [2.45, 2.75) is 59.0 Å². The SMILES string of the molecule is CCCOc1ccc(NC(=O)[C@@](C)(CCC)OCCC)cc1C(=O)OC. The summed E-state index contributed by atoms with van der Waals surface area (Å²) in [6, 6.07) is 4.95. The molecule has 0 saturated carbocycles. The third kappa shape index (κ3) is 6.02. The van der Waals surface area contributed by atoms with E-state index in [4.69, 9.17) is 14.2 Å². The van der Waals surface area contributed by atoms with Crippen LogP contribution < -0.4 is 10.1 Å². The molecule has 0 fully saturated rings. The first-order valence-electron chi connectivity index (χ1n) is 9.22. The van der Waals surface area contributed by atoms with Gasteiger partial charge in [0.2, 0.25) is 0 Å². The second-order valence-corrected chi connectivity index (χ2v) is 6.33. The number of rotatable bonds is 11. The molecular formula is C20H31NO5. The second-order valence-electron chi connectivity index (χ2n) is 6.33. The normalized spacial score (nSPS) is 13.0. The zero-order valence-corrected chi connectivity index (χ0v) is 16.5. The van der Waals surface area contributed by atoms with Crippen LogP contribution in [0.25, 0.3) is 0 Å². The maximum Gasteiger partial charge on any atom is 0.341 e. The summed E-state index contributed by atoms with van der Waals surface area (Å²) in [5.41, 5.74) is -0.125. The van der Waals surface area contributed by atoms with Crippen LogP contribution in [0.15, 0.2) is 18.2 Å². The van der Waals surface area contributed by atoms with Crippen molar-refractivity contribution in [3.05, 3.63) is 23.8 Å². The highest BCUT2D eigenvalue weighted by atomic mass is 16.5. The van der Waals surface area contributed by atoms with Gasteiger partial charge in [-0.25, -0.2) is 4.79 Å². The molecule has 0 unspecified atom stereocenters. The number of carbonyl (C=O) groups excluding carboxylic acids is 2. The molecule has 1 N–H and O–H groups in total. The Labute approximate surface area is 156 Å². The van der Waals surface area contributed by atoms with E-state index in [0.717, 1.165) is 19.3 Å². The fraction of sp³-hybridized carbons (Fsp3) is 0.600. The average molecular weight is 365 g/mol. The number of anilines is 1. The van der Waals surface area contributed by atoms with Gasteiger partial charge in [0.1, 0.15) is 16.9 Å². The van der Waals surface area contributed by atoms with E-state index in [1.54, 1.807) is 25.1 Å². The average Bonchev–Trinajstić information content (AvgIpc) is 2.64. The van der Waals surface area contributed by atoms with E-state index >= 15 is 0 Å². The lowest BCUT2D eigenvalue weighted by atomic mass is 9.98. The first-order chi connectivity index (χ1) is 12.4. The Balaban J connectivity index is 3.03. The van der Waals surface area contributed by atoms with E-state index < -0.39 is 11.6 Å². The van der Waals surface area contributed by atoms with Crippen LogP contribution in [0.4, 0.5) is 5.69 Å². The summed E-state index contributed by atoms with van der Waals surface area (Å²) in [4.78, 5) is 24.8. The number of ether oxygens (including phenoxy) is 3. The number of hydrogen-bond donors (Lipinski definition) is 1. The maximum absolute atomic E-state index is 12.8. The van der Waals surface area contributed by atoms with Crippen molar-refractivity contribution in [3.8, 4) is 5.75 Å². The molecule has 6 nitrogen and oxygen atoms in total. The van der Waals surface area contributed by atoms with Gasteiger partial charge < -0.3 is 19.5 Å². The van der Waals surface area contributed by atoms with Crippen LogP contribution in [0.2, 0.25) is 0 Å². The fourth-order valence-corrected chi connectivity index (χ4v) is 2.53. The van der Waals surface area contributed by atoms with Crippen molar-refractivity contribution < 1.29 is 23.8 Å². The molecule has 0 aromatic heterocycles. The van der Waals surface area contributed by atoms with Gasteiger partial charge in [0.25, 0.3) is 5.91 Å². The van der Waals surface area contributed by atoms with E-state index in [1.165, 1.54) is 7.11 Å². The third-order valence-corrected chi connectivity index (χ3v) is 3.94. The Hall–Kier alpha value is -2.08. The summed E-state index contributed by atoms with van der Waals surface area (Å²) in [7, 11) is 1.31. The molecular weight excluding hydrogens is 334 g/mol. The predicted octanol–water partition coefficient (Wildman–Crippen LogP) is 4.19. The first kappa shape index (κ1) is 22.0. The largest absolute Gasteiger partial charge is 0.493 e. The summed E-state index contributed by atoms with van der Waals surface area (Å²) in [5, 5.41) is 2.85. The lowest BCUT2D eigenvalue weighted by Crippen LogP contribution is -2.43. The van der Waals surface area contributed by atoms with Gasteiger partial charge in [0.05, 0.1) is 13.7 Å². The summed E-state index contributed by atoms with van der Waals surface area (Å²) in [5.74, 6) is -0.299. The highest BCUT2D eigenvalue weighted by molar-refractivity contribution is 5.99. The molecule has 1 aromatic rings. The van der Waals surface area contributed by atoms with Crippen LogP contribution in [-0.4, -0.2) is 37.8 Å². The van der Waals surface area contributed by atoms with Crippen LogP contribution in [0.5, 0.6) is 5.75 Å². The molecule has 146 valence electrons. The van der Waals surface area contributed by atoms with Crippen molar-refractivity contribution in [2.24, 2.45) is 0 Å². The van der Waals surface area contributed by atoms with Crippen molar-refractivity contribution in [1.29, 1.82) is 0 Å². The Morgan fingerprint density at radius 3 is 2.35 bits per heavy atom. The van der Waals surface area contributed by atoms with Crippen molar-refractivity contribution in [2.75, 3.05) is 25.6 Å². The van der Waals surface area contributed by atoms with Crippen molar-refractivity contribution in [3.63, 3.8) is 0 Å². The molecule has 0 bridgehead atoms. The summed E-state index contributed by atoms with van der Waals surface area (Å²) in [6.45, 7) is 8.80. The zero-order valence-electron chi connectivity index (χ0n) is 16.5.